The third kappa shape index (κ3) is 3.25. The molecule has 30 heavy (non-hydrogen) atoms. The fourth-order valence-corrected chi connectivity index (χ4v) is 3.99. The lowest BCUT2D eigenvalue weighted by molar-refractivity contribution is 0.0692. The number of aryl methyl sites for hydroxylation is 1. The van der Waals surface area contributed by atoms with Crippen molar-refractivity contribution in [1.82, 2.24) is 4.57 Å². The van der Waals surface area contributed by atoms with Gasteiger partial charge in [-0.05, 0) is 36.4 Å². The Labute approximate surface area is 171 Å². The Hall–Kier alpha value is -3.50. The Bertz CT molecular complexity index is 1300. The van der Waals surface area contributed by atoms with E-state index in [4.69, 9.17) is 9.52 Å². The molecule has 0 fully saturated rings. The number of furan rings is 1. The van der Waals surface area contributed by atoms with E-state index in [1.165, 1.54) is 30.9 Å². The van der Waals surface area contributed by atoms with Gasteiger partial charge in [0, 0.05) is 29.8 Å². The molecule has 7 nitrogen and oxygen atoms in total. The molecule has 2 heterocycles. The van der Waals surface area contributed by atoms with E-state index < -0.39 is 34.4 Å². The van der Waals surface area contributed by atoms with Crippen molar-refractivity contribution < 1.29 is 31.9 Å². The number of hydrogen-bond donors (Lipinski definition) is 1. The molecular weight excluding hydrogens is 418 g/mol. The molecule has 2 aromatic heterocycles. The second-order valence-electron chi connectivity index (χ2n) is 6.47. The zero-order chi connectivity index (χ0) is 21.6. The maximum Gasteiger partial charge on any atom is 0.338 e. The van der Waals surface area contributed by atoms with Gasteiger partial charge in [-0.15, -0.1) is 0 Å². The monoisotopic (exact) mass is 431 g/mol. The average molecular weight is 431 g/mol. The molecule has 0 spiro atoms. The van der Waals surface area contributed by atoms with E-state index in [2.05, 4.69) is 0 Å². The van der Waals surface area contributed by atoms with Crippen LogP contribution in [0.5, 0.6) is 0 Å². The molecular formula is C20H13F2N2O5S-. The number of benzene rings is 2. The van der Waals surface area contributed by atoms with Crippen molar-refractivity contribution in [3.05, 3.63) is 72.3 Å². The van der Waals surface area contributed by atoms with E-state index in [-0.39, 0.29) is 16.8 Å². The summed E-state index contributed by atoms with van der Waals surface area (Å²) in [7, 11) is 1.66. The van der Waals surface area contributed by atoms with Crippen LogP contribution in [0.4, 0.5) is 20.2 Å². The predicted molar refractivity (Wildman–Crippen MR) is 105 cm³/mol. The molecule has 4 rings (SSSR count). The largest absolute Gasteiger partial charge is 0.755 e. The van der Waals surface area contributed by atoms with Crippen LogP contribution in [0.2, 0.25) is 0 Å². The smallest absolute Gasteiger partial charge is 0.338 e. The molecule has 0 saturated carbocycles. The van der Waals surface area contributed by atoms with Gasteiger partial charge in [0.1, 0.15) is 11.6 Å². The number of halogens is 2. The number of carboxylic acid groups (broad SMARTS) is 1. The predicted octanol–water partition coefficient (Wildman–Crippen LogP) is 4.35. The molecule has 0 bridgehead atoms. The summed E-state index contributed by atoms with van der Waals surface area (Å²) in [6.07, 6.45) is 4.33. The van der Waals surface area contributed by atoms with Crippen molar-refractivity contribution >= 4 is 39.5 Å². The molecule has 1 atom stereocenters. The highest BCUT2D eigenvalue weighted by molar-refractivity contribution is 7.81. The highest BCUT2D eigenvalue weighted by atomic mass is 32.2. The van der Waals surface area contributed by atoms with Crippen LogP contribution in [-0.4, -0.2) is 24.4 Å². The van der Waals surface area contributed by atoms with E-state index in [1.54, 1.807) is 17.7 Å². The van der Waals surface area contributed by atoms with E-state index in [9.17, 15) is 22.3 Å². The summed E-state index contributed by atoms with van der Waals surface area (Å²) < 4.78 is 59.9. The van der Waals surface area contributed by atoms with Crippen LogP contribution < -0.4 is 4.31 Å². The van der Waals surface area contributed by atoms with Gasteiger partial charge < -0.3 is 18.6 Å². The summed E-state index contributed by atoms with van der Waals surface area (Å²) in [4.78, 5) is 11.3. The molecule has 4 aromatic rings. The third-order valence-corrected chi connectivity index (χ3v) is 5.34. The second-order valence-corrected chi connectivity index (χ2v) is 7.27. The summed E-state index contributed by atoms with van der Waals surface area (Å²) in [6.45, 7) is 0. The van der Waals surface area contributed by atoms with E-state index in [1.807, 2.05) is 0 Å². The second kappa shape index (κ2) is 7.39. The highest BCUT2D eigenvalue weighted by Gasteiger charge is 2.22. The SMILES string of the molecule is Cn1cc(N(c2ccc(F)c(C(=O)O)c2)S(=O)[O-])c2cc(F)cc(-c3ccoc3)c21. The number of rotatable bonds is 5. The van der Waals surface area contributed by atoms with Gasteiger partial charge in [-0.2, -0.15) is 0 Å². The fourth-order valence-electron chi connectivity index (χ4n) is 3.40. The first-order valence-corrected chi connectivity index (χ1v) is 9.54. The lowest BCUT2D eigenvalue weighted by Crippen LogP contribution is -2.20. The number of carbonyl (C=O) groups is 1. The molecule has 10 heteroatoms. The number of nitrogens with zero attached hydrogens (tertiary/aromatic N) is 2. The van der Waals surface area contributed by atoms with Crippen LogP contribution in [-0.2, 0) is 18.3 Å². The van der Waals surface area contributed by atoms with E-state index >= 15 is 0 Å². The normalized spacial score (nSPS) is 12.3. The first kappa shape index (κ1) is 19.8. The summed E-state index contributed by atoms with van der Waals surface area (Å²) >= 11 is -2.91. The van der Waals surface area contributed by atoms with Gasteiger partial charge in [0.25, 0.3) is 0 Å². The topological polar surface area (TPSA) is 98.7 Å². The Morgan fingerprint density at radius 3 is 2.63 bits per heavy atom. The van der Waals surface area contributed by atoms with Crippen LogP contribution in [0, 0.1) is 11.6 Å². The number of aromatic carboxylic acids is 1. The van der Waals surface area contributed by atoms with Gasteiger partial charge in [-0.1, -0.05) is 0 Å². The zero-order valence-corrected chi connectivity index (χ0v) is 16.2. The number of fused-ring (bicyclic) bond motifs is 1. The van der Waals surface area contributed by atoms with Crippen molar-refractivity contribution in [3.63, 3.8) is 0 Å². The van der Waals surface area contributed by atoms with Gasteiger partial charge in [0.15, 0.2) is 0 Å². The summed E-state index contributed by atoms with van der Waals surface area (Å²) in [5.74, 6) is -3.15. The van der Waals surface area contributed by atoms with Crippen molar-refractivity contribution in [2.24, 2.45) is 7.05 Å². The summed E-state index contributed by atoms with van der Waals surface area (Å²) in [6, 6.07) is 7.02. The molecule has 154 valence electrons. The third-order valence-electron chi connectivity index (χ3n) is 4.63. The van der Waals surface area contributed by atoms with Crippen LogP contribution in [0.15, 0.2) is 59.5 Å². The minimum absolute atomic E-state index is 0.0769. The van der Waals surface area contributed by atoms with Crippen LogP contribution in [0.1, 0.15) is 10.4 Å². The highest BCUT2D eigenvalue weighted by Crippen LogP contribution is 2.40. The minimum Gasteiger partial charge on any atom is -0.755 e. The molecule has 1 unspecified atom stereocenters. The Morgan fingerprint density at radius 1 is 1.23 bits per heavy atom. The average Bonchev–Trinajstić information content (AvgIpc) is 3.31. The number of hydrogen-bond acceptors (Lipinski definition) is 4. The van der Waals surface area contributed by atoms with Gasteiger partial charge >= 0.3 is 5.97 Å². The van der Waals surface area contributed by atoms with Crippen molar-refractivity contribution in [1.29, 1.82) is 0 Å². The molecule has 0 amide bonds. The van der Waals surface area contributed by atoms with Gasteiger partial charge in [-0.25, -0.2) is 13.6 Å². The van der Waals surface area contributed by atoms with Crippen molar-refractivity contribution in [3.8, 4) is 11.1 Å². The van der Waals surface area contributed by atoms with Crippen molar-refractivity contribution in [2.75, 3.05) is 4.31 Å². The molecule has 1 N–H and O–H groups in total. The van der Waals surface area contributed by atoms with Gasteiger partial charge in [-0.3, -0.25) is 8.51 Å². The maximum absolute atomic E-state index is 14.4. The maximum atomic E-state index is 14.4. The first-order valence-electron chi connectivity index (χ1n) is 8.51. The molecule has 2 aromatic carbocycles. The summed E-state index contributed by atoms with van der Waals surface area (Å²) in [5, 5.41) is 9.42. The molecule has 0 aliphatic heterocycles. The van der Waals surface area contributed by atoms with E-state index in [0.717, 1.165) is 22.5 Å². The molecule has 0 saturated heterocycles. The standard InChI is InChI=1S/C20H14F2N2O5S/c1-23-9-18(16-7-12(21)6-14(19(16)23)11-4-5-29-10-11)24(30(27)28)13-2-3-17(22)15(8-13)20(25)26/h2-10H,1H3,(H,25,26)(H,27,28)/p-1. The lowest BCUT2D eigenvalue weighted by atomic mass is 10.0. The number of aromatic nitrogens is 1. The number of anilines is 2. The lowest BCUT2D eigenvalue weighted by Gasteiger charge is -2.26. The fraction of sp³-hybridized carbons (Fsp3) is 0.0500. The molecule has 0 aliphatic rings. The van der Waals surface area contributed by atoms with E-state index in [0.29, 0.717) is 16.6 Å². The Morgan fingerprint density at radius 2 is 2.00 bits per heavy atom. The Kier molecular flexibility index (Phi) is 4.88. The molecule has 0 radical (unpaired) electrons. The van der Waals surface area contributed by atoms with Crippen LogP contribution in [0.3, 0.4) is 0 Å². The first-order chi connectivity index (χ1) is 14.3. The number of carboxylic acids is 1. The van der Waals surface area contributed by atoms with Crippen LogP contribution >= 0.6 is 0 Å². The van der Waals surface area contributed by atoms with Gasteiger partial charge in [0.05, 0.1) is 46.2 Å². The zero-order valence-electron chi connectivity index (χ0n) is 15.3. The quantitative estimate of drug-likeness (QED) is 0.474. The van der Waals surface area contributed by atoms with Gasteiger partial charge in [0.2, 0.25) is 0 Å². The minimum atomic E-state index is -2.91. The van der Waals surface area contributed by atoms with Crippen molar-refractivity contribution in [2.45, 2.75) is 0 Å². The summed E-state index contributed by atoms with van der Waals surface area (Å²) in [5.41, 5.74) is 0.889. The molecule has 0 aliphatic carbocycles. The van der Waals surface area contributed by atoms with Crippen LogP contribution in [0.25, 0.3) is 22.0 Å². The Balaban J connectivity index is 1.99.